The van der Waals surface area contributed by atoms with Gasteiger partial charge in [0.1, 0.15) is 6.54 Å². The van der Waals surface area contributed by atoms with Gasteiger partial charge in [-0.1, -0.05) is 18.2 Å². The molecule has 0 aromatic heterocycles. The second-order valence-corrected chi connectivity index (χ2v) is 3.58. The summed E-state index contributed by atoms with van der Waals surface area (Å²) in [5.74, 6) is -1.09. The Balaban J connectivity index is 2.75. The molecule has 0 heterocycles. The third-order valence-corrected chi connectivity index (χ3v) is 2.17. The van der Waals surface area contributed by atoms with Gasteiger partial charge in [0.25, 0.3) is 0 Å². The first-order valence-corrected chi connectivity index (χ1v) is 5.27. The normalized spacial score (nSPS) is 9.56. The van der Waals surface area contributed by atoms with E-state index in [4.69, 9.17) is 10.8 Å². The van der Waals surface area contributed by atoms with Gasteiger partial charge in [-0.25, -0.2) is 4.79 Å². The van der Waals surface area contributed by atoms with Crippen LogP contribution in [-0.4, -0.2) is 35.1 Å². The molecule has 0 atom stereocenters. The topological polar surface area (TPSA) is 95.7 Å². The molecular weight excluding hydrogens is 234 g/mol. The van der Waals surface area contributed by atoms with Gasteiger partial charge in [0.15, 0.2) is 0 Å². The van der Waals surface area contributed by atoms with Crippen molar-refractivity contribution in [2.45, 2.75) is 0 Å². The maximum absolute atomic E-state index is 11.8. The second kappa shape index (κ2) is 6.29. The summed E-state index contributed by atoms with van der Waals surface area (Å²) in [4.78, 5) is 23.6. The van der Waals surface area contributed by atoms with Crippen molar-refractivity contribution in [3.05, 3.63) is 36.9 Å². The van der Waals surface area contributed by atoms with Crippen LogP contribution in [0.4, 0.5) is 16.2 Å². The zero-order valence-corrected chi connectivity index (χ0v) is 9.80. The fraction of sp³-hybridized carbons (Fsp3) is 0.167. The summed E-state index contributed by atoms with van der Waals surface area (Å²) in [6.45, 7) is 3.22. The number of nitrogens with one attached hydrogen (secondary N) is 1. The number of benzene rings is 1. The zero-order valence-electron chi connectivity index (χ0n) is 9.80. The molecule has 18 heavy (non-hydrogen) atoms. The molecule has 1 rings (SSSR count). The summed E-state index contributed by atoms with van der Waals surface area (Å²) >= 11 is 0. The van der Waals surface area contributed by atoms with Crippen molar-refractivity contribution in [2.24, 2.45) is 0 Å². The minimum Gasteiger partial charge on any atom is -0.480 e. The number of carbonyl (C=O) groups excluding carboxylic acids is 1. The lowest BCUT2D eigenvalue weighted by Gasteiger charge is -2.19. The Morgan fingerprint density at radius 2 is 2.11 bits per heavy atom. The fourth-order valence-corrected chi connectivity index (χ4v) is 1.34. The van der Waals surface area contributed by atoms with E-state index >= 15 is 0 Å². The van der Waals surface area contributed by atoms with Crippen LogP contribution in [0.5, 0.6) is 0 Å². The predicted molar refractivity (Wildman–Crippen MR) is 69.3 cm³/mol. The van der Waals surface area contributed by atoms with E-state index in [1.807, 2.05) is 0 Å². The smallest absolute Gasteiger partial charge is 0.323 e. The number of para-hydroxylation sites is 2. The zero-order chi connectivity index (χ0) is 13.5. The van der Waals surface area contributed by atoms with Gasteiger partial charge in [-0.3, -0.25) is 4.79 Å². The lowest BCUT2D eigenvalue weighted by Crippen LogP contribution is -2.38. The molecule has 0 aliphatic carbocycles. The molecule has 96 valence electrons. The first kappa shape index (κ1) is 13.6. The van der Waals surface area contributed by atoms with E-state index in [0.29, 0.717) is 11.4 Å². The van der Waals surface area contributed by atoms with E-state index in [1.165, 1.54) is 6.08 Å². The van der Waals surface area contributed by atoms with Gasteiger partial charge in [0.2, 0.25) is 0 Å². The van der Waals surface area contributed by atoms with Crippen LogP contribution in [0.15, 0.2) is 36.9 Å². The number of hydrogen-bond acceptors (Lipinski definition) is 3. The van der Waals surface area contributed by atoms with Crippen molar-refractivity contribution in [3.8, 4) is 0 Å². The van der Waals surface area contributed by atoms with Crippen molar-refractivity contribution >= 4 is 23.4 Å². The van der Waals surface area contributed by atoms with Gasteiger partial charge in [-0.2, -0.15) is 0 Å². The third kappa shape index (κ3) is 3.82. The lowest BCUT2D eigenvalue weighted by atomic mass is 10.3. The van der Waals surface area contributed by atoms with Crippen molar-refractivity contribution in [1.82, 2.24) is 4.90 Å². The molecule has 1 aromatic rings. The summed E-state index contributed by atoms with van der Waals surface area (Å²) in [6.07, 6.45) is 1.46. The summed E-state index contributed by atoms with van der Waals surface area (Å²) in [5.41, 5.74) is 6.54. The molecule has 4 N–H and O–H groups in total. The minimum atomic E-state index is -1.09. The average Bonchev–Trinajstić information content (AvgIpc) is 2.31. The monoisotopic (exact) mass is 249 g/mol. The predicted octanol–water partition coefficient (Wildman–Crippen LogP) is 1.37. The summed E-state index contributed by atoms with van der Waals surface area (Å²) in [5, 5.41) is 11.3. The molecule has 0 saturated carbocycles. The molecule has 2 amide bonds. The first-order chi connectivity index (χ1) is 8.54. The van der Waals surface area contributed by atoms with Crippen LogP contribution in [0.2, 0.25) is 0 Å². The highest BCUT2D eigenvalue weighted by Gasteiger charge is 2.15. The molecule has 0 aliphatic heterocycles. The van der Waals surface area contributed by atoms with Crippen LogP contribution in [0.3, 0.4) is 0 Å². The molecular formula is C12H15N3O3. The largest absolute Gasteiger partial charge is 0.480 e. The molecule has 0 saturated heterocycles. The number of nitrogens with two attached hydrogens (primary N) is 1. The molecule has 0 radical (unpaired) electrons. The Kier molecular flexibility index (Phi) is 4.74. The summed E-state index contributed by atoms with van der Waals surface area (Å²) in [7, 11) is 0. The number of nitrogen functional groups attached to an aromatic ring is 1. The maximum Gasteiger partial charge on any atom is 0.323 e. The molecule has 6 heteroatoms. The van der Waals surface area contributed by atoms with E-state index in [9.17, 15) is 9.59 Å². The van der Waals surface area contributed by atoms with Crippen molar-refractivity contribution in [3.63, 3.8) is 0 Å². The van der Waals surface area contributed by atoms with Gasteiger partial charge < -0.3 is 21.1 Å². The Bertz CT molecular complexity index is 460. The number of rotatable bonds is 5. The van der Waals surface area contributed by atoms with Crippen molar-refractivity contribution in [1.29, 1.82) is 0 Å². The van der Waals surface area contributed by atoms with Crippen LogP contribution in [-0.2, 0) is 4.79 Å². The van der Waals surface area contributed by atoms with Crippen LogP contribution in [0.25, 0.3) is 0 Å². The standard InChI is InChI=1S/C12H15N3O3/c1-2-7-15(8-11(16)17)12(18)14-10-6-4-3-5-9(10)13/h2-6H,1,7-8,13H2,(H,14,18)(H,16,17). The van der Waals surface area contributed by atoms with Gasteiger partial charge in [-0.05, 0) is 12.1 Å². The SMILES string of the molecule is C=CCN(CC(=O)O)C(=O)Nc1ccccc1N. The molecule has 6 nitrogen and oxygen atoms in total. The highest BCUT2D eigenvalue weighted by molar-refractivity contribution is 5.94. The minimum absolute atomic E-state index is 0.144. The Morgan fingerprint density at radius 3 is 2.67 bits per heavy atom. The fourth-order valence-electron chi connectivity index (χ4n) is 1.34. The van der Waals surface area contributed by atoms with Crippen LogP contribution in [0.1, 0.15) is 0 Å². The number of carbonyl (C=O) groups is 2. The number of carboxylic acids is 1. The van der Waals surface area contributed by atoms with Crippen molar-refractivity contribution in [2.75, 3.05) is 24.1 Å². The molecule has 0 spiro atoms. The number of hydrogen-bond donors (Lipinski definition) is 3. The van der Waals surface area contributed by atoms with E-state index in [1.54, 1.807) is 24.3 Å². The first-order valence-electron chi connectivity index (χ1n) is 5.27. The molecule has 0 aliphatic rings. The number of nitrogens with zero attached hydrogens (tertiary/aromatic N) is 1. The average molecular weight is 249 g/mol. The van der Waals surface area contributed by atoms with Crippen molar-refractivity contribution < 1.29 is 14.7 Å². The highest BCUT2D eigenvalue weighted by atomic mass is 16.4. The quantitative estimate of drug-likeness (QED) is 0.542. The van der Waals surface area contributed by atoms with E-state index in [2.05, 4.69) is 11.9 Å². The van der Waals surface area contributed by atoms with Crippen LogP contribution < -0.4 is 11.1 Å². The lowest BCUT2D eigenvalue weighted by molar-refractivity contribution is -0.137. The molecule has 1 aromatic carbocycles. The number of aliphatic carboxylic acids is 1. The van der Waals surface area contributed by atoms with E-state index in [-0.39, 0.29) is 6.54 Å². The Labute approximate surface area is 105 Å². The Morgan fingerprint density at radius 1 is 1.44 bits per heavy atom. The molecule has 0 fully saturated rings. The Hall–Kier alpha value is -2.50. The third-order valence-electron chi connectivity index (χ3n) is 2.17. The molecule has 0 unspecified atom stereocenters. The van der Waals surface area contributed by atoms with Gasteiger partial charge in [0.05, 0.1) is 11.4 Å². The van der Waals surface area contributed by atoms with Gasteiger partial charge in [0, 0.05) is 6.54 Å². The number of anilines is 2. The highest BCUT2D eigenvalue weighted by Crippen LogP contribution is 2.17. The maximum atomic E-state index is 11.8. The summed E-state index contributed by atoms with van der Waals surface area (Å²) in [6, 6.07) is 6.21. The summed E-state index contributed by atoms with van der Waals surface area (Å²) < 4.78 is 0. The van der Waals surface area contributed by atoms with E-state index in [0.717, 1.165) is 4.90 Å². The number of amides is 2. The molecule has 0 bridgehead atoms. The van der Waals surface area contributed by atoms with Gasteiger partial charge in [-0.15, -0.1) is 6.58 Å². The second-order valence-electron chi connectivity index (χ2n) is 3.58. The van der Waals surface area contributed by atoms with Crippen LogP contribution >= 0.6 is 0 Å². The van der Waals surface area contributed by atoms with Gasteiger partial charge >= 0.3 is 12.0 Å². The van der Waals surface area contributed by atoms with Crippen LogP contribution in [0, 0.1) is 0 Å². The number of urea groups is 1. The van der Waals surface area contributed by atoms with E-state index < -0.39 is 18.5 Å². The number of carboxylic acid groups (broad SMARTS) is 1.